The van der Waals surface area contributed by atoms with Gasteiger partial charge in [0.25, 0.3) is 0 Å². The third-order valence-corrected chi connectivity index (χ3v) is 6.72. The van der Waals surface area contributed by atoms with Crippen molar-refractivity contribution in [3.8, 4) is 11.5 Å². The molecule has 2 aromatic rings. The number of nitrogens with one attached hydrogen (secondary N) is 1. The normalized spacial score (nSPS) is 15.8. The lowest BCUT2D eigenvalue weighted by molar-refractivity contribution is -0.121. The minimum atomic E-state index is 0.0743. The van der Waals surface area contributed by atoms with Crippen LogP contribution in [0.2, 0.25) is 0 Å². The summed E-state index contributed by atoms with van der Waals surface area (Å²) >= 11 is 0. The van der Waals surface area contributed by atoms with Crippen LogP contribution in [0.5, 0.6) is 11.5 Å². The van der Waals surface area contributed by atoms with Crippen molar-refractivity contribution < 1.29 is 19.0 Å². The molecular weight excluding hydrogens is 416 g/mol. The Morgan fingerprint density at radius 1 is 1.09 bits per heavy atom. The van der Waals surface area contributed by atoms with Crippen molar-refractivity contribution in [3.05, 3.63) is 58.7 Å². The van der Waals surface area contributed by atoms with Crippen molar-refractivity contribution in [3.63, 3.8) is 0 Å². The average Bonchev–Trinajstić information content (AvgIpc) is 2.82. The van der Waals surface area contributed by atoms with Crippen molar-refractivity contribution in [1.82, 2.24) is 10.2 Å². The molecular formula is C27H38N2O4. The molecule has 6 nitrogen and oxygen atoms in total. The number of piperidine rings is 1. The monoisotopic (exact) mass is 454 g/mol. The first-order chi connectivity index (χ1) is 15.9. The van der Waals surface area contributed by atoms with Crippen LogP contribution in [0, 0.1) is 13.8 Å². The van der Waals surface area contributed by atoms with E-state index in [0.29, 0.717) is 25.7 Å². The quantitative estimate of drug-likeness (QED) is 0.545. The molecule has 0 saturated carbocycles. The smallest absolute Gasteiger partial charge is 0.224 e. The molecule has 1 amide bonds. The highest BCUT2D eigenvalue weighted by atomic mass is 16.5. The summed E-state index contributed by atoms with van der Waals surface area (Å²) in [4.78, 5) is 15.1. The number of hydrogen-bond donors (Lipinski definition) is 1. The van der Waals surface area contributed by atoms with Gasteiger partial charge in [-0.1, -0.05) is 18.2 Å². The number of nitrogens with zero attached hydrogens (tertiary/aromatic N) is 1. The molecule has 1 aliphatic heterocycles. The molecule has 33 heavy (non-hydrogen) atoms. The Bertz CT molecular complexity index is 922. The molecule has 1 fully saturated rings. The maximum absolute atomic E-state index is 12.5. The lowest BCUT2D eigenvalue weighted by Crippen LogP contribution is -2.45. The van der Waals surface area contributed by atoms with Gasteiger partial charge in [-0.2, -0.15) is 0 Å². The van der Waals surface area contributed by atoms with Gasteiger partial charge in [0.15, 0.2) is 0 Å². The van der Waals surface area contributed by atoms with Gasteiger partial charge in [0.1, 0.15) is 18.1 Å². The van der Waals surface area contributed by atoms with Crippen LogP contribution in [-0.4, -0.2) is 57.4 Å². The first-order valence-corrected chi connectivity index (χ1v) is 11.8. The van der Waals surface area contributed by atoms with Gasteiger partial charge in [0, 0.05) is 32.3 Å². The summed E-state index contributed by atoms with van der Waals surface area (Å²) in [6, 6.07) is 12.5. The molecule has 0 spiro atoms. The molecule has 6 heteroatoms. The summed E-state index contributed by atoms with van der Waals surface area (Å²) in [5, 5.41) is 3.22. The fourth-order valence-electron chi connectivity index (χ4n) is 4.53. The summed E-state index contributed by atoms with van der Waals surface area (Å²) in [6.07, 6.45) is 2.31. The van der Waals surface area contributed by atoms with E-state index in [0.717, 1.165) is 43.0 Å². The van der Waals surface area contributed by atoms with E-state index in [-0.39, 0.29) is 11.9 Å². The molecule has 3 rings (SSSR count). The zero-order valence-electron chi connectivity index (χ0n) is 20.6. The van der Waals surface area contributed by atoms with Crippen LogP contribution in [-0.2, 0) is 16.0 Å². The fourth-order valence-corrected chi connectivity index (χ4v) is 4.53. The number of likely N-dealkylation sites (tertiary alicyclic amines) is 1. The third kappa shape index (κ3) is 6.71. The summed E-state index contributed by atoms with van der Waals surface area (Å²) in [5.74, 6) is 1.78. The molecule has 0 aromatic heterocycles. The standard InChI is InChI=1S/C27H38N2O4/c1-19-20(2)26(33-16-15-31-4)10-9-25(19)21(3)29-13-11-23(12-14-29)28-27(30)18-22-7-6-8-24(17-22)32-5/h6-10,17,21,23H,11-16,18H2,1-5H3,(H,28,30). The van der Waals surface area contributed by atoms with E-state index in [4.69, 9.17) is 14.2 Å². The van der Waals surface area contributed by atoms with Gasteiger partial charge in [0.2, 0.25) is 5.91 Å². The number of amides is 1. The van der Waals surface area contributed by atoms with Gasteiger partial charge >= 0.3 is 0 Å². The zero-order chi connectivity index (χ0) is 23.8. The zero-order valence-corrected chi connectivity index (χ0v) is 20.6. The first-order valence-electron chi connectivity index (χ1n) is 11.8. The van der Waals surface area contributed by atoms with Crippen LogP contribution < -0.4 is 14.8 Å². The number of rotatable bonds is 10. The van der Waals surface area contributed by atoms with Gasteiger partial charge in [-0.3, -0.25) is 9.69 Å². The Morgan fingerprint density at radius 3 is 2.55 bits per heavy atom. The van der Waals surface area contributed by atoms with E-state index < -0.39 is 0 Å². The van der Waals surface area contributed by atoms with E-state index in [2.05, 4.69) is 43.1 Å². The van der Waals surface area contributed by atoms with Crippen molar-refractivity contribution in [1.29, 1.82) is 0 Å². The number of methoxy groups -OCH3 is 2. The van der Waals surface area contributed by atoms with Crippen molar-refractivity contribution in [2.24, 2.45) is 0 Å². The van der Waals surface area contributed by atoms with E-state index in [1.54, 1.807) is 14.2 Å². The maximum atomic E-state index is 12.5. The fraction of sp³-hybridized carbons (Fsp3) is 0.519. The van der Waals surface area contributed by atoms with E-state index >= 15 is 0 Å². The molecule has 1 unspecified atom stereocenters. The Balaban J connectivity index is 1.51. The molecule has 2 aromatic carbocycles. The van der Waals surface area contributed by atoms with Crippen LogP contribution in [0.4, 0.5) is 0 Å². The Kier molecular flexibility index (Phi) is 9.15. The van der Waals surface area contributed by atoms with E-state index in [1.165, 1.54) is 16.7 Å². The minimum Gasteiger partial charge on any atom is -0.497 e. The SMILES string of the molecule is COCCOc1ccc(C(C)N2CCC(NC(=O)Cc3cccc(OC)c3)CC2)c(C)c1C. The number of benzene rings is 2. The predicted octanol–water partition coefficient (Wildman–Crippen LogP) is 4.22. The highest BCUT2D eigenvalue weighted by Gasteiger charge is 2.26. The predicted molar refractivity (Wildman–Crippen MR) is 131 cm³/mol. The first kappa shape index (κ1) is 25.1. The molecule has 0 bridgehead atoms. The van der Waals surface area contributed by atoms with E-state index in [1.807, 2.05) is 24.3 Å². The number of hydrogen-bond acceptors (Lipinski definition) is 5. The lowest BCUT2D eigenvalue weighted by atomic mass is 9.94. The second-order valence-electron chi connectivity index (χ2n) is 8.83. The third-order valence-electron chi connectivity index (χ3n) is 6.72. The van der Waals surface area contributed by atoms with Gasteiger partial charge < -0.3 is 19.5 Å². The van der Waals surface area contributed by atoms with Crippen LogP contribution in [0.25, 0.3) is 0 Å². The average molecular weight is 455 g/mol. The van der Waals surface area contributed by atoms with Crippen LogP contribution >= 0.6 is 0 Å². The van der Waals surface area contributed by atoms with Crippen molar-refractivity contribution in [2.45, 2.75) is 52.1 Å². The number of carbonyl (C=O) groups excluding carboxylic acids is 1. The Morgan fingerprint density at radius 2 is 1.85 bits per heavy atom. The number of ether oxygens (including phenoxy) is 3. The van der Waals surface area contributed by atoms with Crippen LogP contribution in [0.3, 0.4) is 0 Å². The molecule has 1 saturated heterocycles. The second kappa shape index (κ2) is 12.1. The van der Waals surface area contributed by atoms with Gasteiger partial charge in [-0.15, -0.1) is 0 Å². The highest BCUT2D eigenvalue weighted by Crippen LogP contribution is 2.32. The second-order valence-corrected chi connectivity index (χ2v) is 8.83. The Hall–Kier alpha value is -2.57. The molecule has 0 radical (unpaired) electrons. The molecule has 0 aliphatic carbocycles. The van der Waals surface area contributed by atoms with Crippen molar-refractivity contribution in [2.75, 3.05) is 40.5 Å². The van der Waals surface area contributed by atoms with Crippen LogP contribution in [0.1, 0.15) is 48.1 Å². The largest absolute Gasteiger partial charge is 0.497 e. The van der Waals surface area contributed by atoms with Crippen LogP contribution in [0.15, 0.2) is 36.4 Å². The summed E-state index contributed by atoms with van der Waals surface area (Å²) in [7, 11) is 3.32. The van der Waals surface area contributed by atoms with Crippen molar-refractivity contribution >= 4 is 5.91 Å². The van der Waals surface area contributed by atoms with E-state index in [9.17, 15) is 4.79 Å². The lowest BCUT2D eigenvalue weighted by Gasteiger charge is -2.37. The summed E-state index contributed by atoms with van der Waals surface area (Å²) in [5.41, 5.74) is 4.78. The molecule has 1 heterocycles. The topological polar surface area (TPSA) is 60.0 Å². The van der Waals surface area contributed by atoms with Gasteiger partial charge in [-0.05, 0) is 74.1 Å². The summed E-state index contributed by atoms with van der Waals surface area (Å²) < 4.78 is 16.2. The minimum absolute atomic E-state index is 0.0743. The molecule has 1 N–H and O–H groups in total. The maximum Gasteiger partial charge on any atom is 0.224 e. The Labute approximate surface area is 198 Å². The van der Waals surface area contributed by atoms with Gasteiger partial charge in [0.05, 0.1) is 20.1 Å². The number of carbonyl (C=O) groups is 1. The van der Waals surface area contributed by atoms with Gasteiger partial charge in [-0.25, -0.2) is 0 Å². The molecule has 1 aliphatic rings. The molecule has 1 atom stereocenters. The molecule has 180 valence electrons. The highest BCUT2D eigenvalue weighted by molar-refractivity contribution is 5.79. The summed E-state index contributed by atoms with van der Waals surface area (Å²) in [6.45, 7) is 9.65.